The molecule has 21 heavy (non-hydrogen) atoms. The molecule has 3 rings (SSSR count). The zero-order valence-corrected chi connectivity index (χ0v) is 11.3. The maximum Gasteiger partial charge on any atom is 0.336 e. The van der Waals surface area contributed by atoms with Gasteiger partial charge < -0.3 is 9.52 Å². The van der Waals surface area contributed by atoms with Crippen LogP contribution >= 0.6 is 0 Å². The summed E-state index contributed by atoms with van der Waals surface area (Å²) in [5, 5.41) is 10.8. The molecule has 0 aliphatic heterocycles. The maximum absolute atomic E-state index is 11.5. The summed E-state index contributed by atoms with van der Waals surface area (Å²) < 4.78 is 5.22. The van der Waals surface area contributed by atoms with Gasteiger partial charge in [0, 0.05) is 30.1 Å². The SMILES string of the molecule is Cc1cc(=O)oc2c(C=Nc3ccncc3)c(O)ccc12. The van der Waals surface area contributed by atoms with Crippen LogP contribution < -0.4 is 5.63 Å². The smallest absolute Gasteiger partial charge is 0.336 e. The standard InChI is InChI=1S/C16H12N2O3/c1-10-8-15(20)21-16-12(10)2-3-14(19)13(16)9-18-11-4-6-17-7-5-11/h2-9,19H,1H3. The van der Waals surface area contributed by atoms with Gasteiger partial charge >= 0.3 is 5.63 Å². The summed E-state index contributed by atoms with van der Waals surface area (Å²) in [7, 11) is 0. The summed E-state index contributed by atoms with van der Waals surface area (Å²) in [6, 6.07) is 8.17. The molecule has 0 aliphatic carbocycles. The normalized spacial score (nSPS) is 11.3. The lowest BCUT2D eigenvalue weighted by Crippen LogP contribution is -2.00. The lowest BCUT2D eigenvalue weighted by Gasteiger charge is -2.05. The average molecular weight is 280 g/mol. The fourth-order valence-electron chi connectivity index (χ4n) is 2.09. The van der Waals surface area contributed by atoms with Crippen LogP contribution in [0.4, 0.5) is 5.69 Å². The molecule has 5 nitrogen and oxygen atoms in total. The summed E-state index contributed by atoms with van der Waals surface area (Å²) in [4.78, 5) is 19.7. The minimum absolute atomic E-state index is 0.00839. The second kappa shape index (κ2) is 5.20. The number of pyridine rings is 1. The van der Waals surface area contributed by atoms with E-state index >= 15 is 0 Å². The first-order chi connectivity index (χ1) is 10.1. The molecule has 0 bridgehead atoms. The fourth-order valence-corrected chi connectivity index (χ4v) is 2.09. The van der Waals surface area contributed by atoms with Crippen LogP contribution in [0.25, 0.3) is 11.0 Å². The van der Waals surface area contributed by atoms with E-state index in [2.05, 4.69) is 9.98 Å². The summed E-state index contributed by atoms with van der Waals surface area (Å²) in [5.41, 5.74) is 1.74. The van der Waals surface area contributed by atoms with Gasteiger partial charge in [-0.2, -0.15) is 0 Å². The highest BCUT2D eigenvalue weighted by Gasteiger charge is 2.10. The Morgan fingerprint density at radius 3 is 2.76 bits per heavy atom. The van der Waals surface area contributed by atoms with E-state index in [4.69, 9.17) is 4.42 Å². The Morgan fingerprint density at radius 2 is 2.00 bits per heavy atom. The Bertz CT molecular complexity index is 883. The molecule has 2 aromatic heterocycles. The molecule has 0 fully saturated rings. The van der Waals surface area contributed by atoms with Crippen LogP contribution in [0, 0.1) is 6.92 Å². The van der Waals surface area contributed by atoms with Gasteiger partial charge in [0.1, 0.15) is 5.75 Å². The van der Waals surface area contributed by atoms with E-state index in [0.717, 1.165) is 10.9 Å². The second-order valence-electron chi connectivity index (χ2n) is 4.59. The topological polar surface area (TPSA) is 75.7 Å². The van der Waals surface area contributed by atoms with Crippen molar-refractivity contribution in [1.29, 1.82) is 0 Å². The Morgan fingerprint density at radius 1 is 1.24 bits per heavy atom. The van der Waals surface area contributed by atoms with Crippen LogP contribution in [0.2, 0.25) is 0 Å². The van der Waals surface area contributed by atoms with E-state index < -0.39 is 5.63 Å². The number of phenolic OH excluding ortho intramolecular Hbond substituents is 1. The van der Waals surface area contributed by atoms with E-state index in [1.165, 1.54) is 12.3 Å². The number of aromatic hydroxyl groups is 1. The Balaban J connectivity index is 2.20. The molecular weight excluding hydrogens is 268 g/mol. The molecule has 0 radical (unpaired) electrons. The molecule has 1 N–H and O–H groups in total. The predicted molar refractivity (Wildman–Crippen MR) is 80.4 cm³/mol. The predicted octanol–water partition coefficient (Wildman–Crippen LogP) is 2.95. The van der Waals surface area contributed by atoms with Gasteiger partial charge in [-0.05, 0) is 36.8 Å². The molecule has 5 heteroatoms. The van der Waals surface area contributed by atoms with E-state index in [1.54, 1.807) is 36.7 Å². The minimum atomic E-state index is -0.454. The number of nitrogens with zero attached hydrogens (tertiary/aromatic N) is 2. The van der Waals surface area contributed by atoms with Crippen molar-refractivity contribution in [1.82, 2.24) is 4.98 Å². The van der Waals surface area contributed by atoms with Crippen molar-refractivity contribution in [3.63, 3.8) is 0 Å². The highest BCUT2D eigenvalue weighted by molar-refractivity contribution is 6.00. The number of aliphatic imine (C=N–C) groups is 1. The van der Waals surface area contributed by atoms with Gasteiger partial charge in [0.15, 0.2) is 5.58 Å². The van der Waals surface area contributed by atoms with Crippen LogP contribution in [-0.2, 0) is 0 Å². The van der Waals surface area contributed by atoms with Crippen LogP contribution in [0.1, 0.15) is 11.1 Å². The van der Waals surface area contributed by atoms with Crippen molar-refractivity contribution in [2.24, 2.45) is 4.99 Å². The highest BCUT2D eigenvalue weighted by Crippen LogP contribution is 2.27. The zero-order chi connectivity index (χ0) is 14.8. The number of fused-ring (bicyclic) bond motifs is 1. The molecule has 0 aliphatic rings. The number of hydrogen-bond donors (Lipinski definition) is 1. The molecule has 3 aromatic rings. The van der Waals surface area contributed by atoms with Crippen LogP contribution in [0.5, 0.6) is 5.75 Å². The molecule has 2 heterocycles. The summed E-state index contributed by atoms with van der Waals surface area (Å²) in [6.07, 6.45) is 4.73. The highest BCUT2D eigenvalue weighted by atomic mass is 16.4. The van der Waals surface area contributed by atoms with Crippen molar-refractivity contribution in [3.05, 3.63) is 64.3 Å². The Hall–Kier alpha value is -2.95. The third-order valence-corrected chi connectivity index (χ3v) is 3.14. The van der Waals surface area contributed by atoms with E-state index in [0.29, 0.717) is 16.8 Å². The Kier molecular flexibility index (Phi) is 3.23. The van der Waals surface area contributed by atoms with Crippen molar-refractivity contribution in [2.45, 2.75) is 6.92 Å². The van der Waals surface area contributed by atoms with E-state index in [-0.39, 0.29) is 5.75 Å². The first-order valence-electron chi connectivity index (χ1n) is 6.35. The summed E-state index contributed by atoms with van der Waals surface area (Å²) in [5.74, 6) is 0.00839. The first-order valence-corrected chi connectivity index (χ1v) is 6.35. The number of aromatic nitrogens is 1. The molecule has 0 atom stereocenters. The maximum atomic E-state index is 11.5. The van der Waals surface area contributed by atoms with Crippen LogP contribution in [0.3, 0.4) is 0 Å². The van der Waals surface area contributed by atoms with Gasteiger partial charge in [0.2, 0.25) is 0 Å². The Labute approximate surface area is 120 Å². The summed E-state index contributed by atoms with van der Waals surface area (Å²) in [6.45, 7) is 1.82. The average Bonchev–Trinajstić information content (AvgIpc) is 2.47. The van der Waals surface area contributed by atoms with Crippen molar-refractivity contribution in [2.75, 3.05) is 0 Å². The number of phenols is 1. The zero-order valence-electron chi connectivity index (χ0n) is 11.3. The van der Waals surface area contributed by atoms with E-state index in [1.807, 2.05) is 6.92 Å². The number of aryl methyl sites for hydroxylation is 1. The lowest BCUT2D eigenvalue weighted by molar-refractivity contribution is 0.472. The lowest BCUT2D eigenvalue weighted by atomic mass is 10.1. The number of benzene rings is 1. The third-order valence-electron chi connectivity index (χ3n) is 3.14. The van der Waals surface area contributed by atoms with Crippen molar-refractivity contribution >= 4 is 22.9 Å². The van der Waals surface area contributed by atoms with Crippen molar-refractivity contribution in [3.8, 4) is 5.75 Å². The van der Waals surface area contributed by atoms with Gasteiger partial charge in [0.25, 0.3) is 0 Å². The van der Waals surface area contributed by atoms with Gasteiger partial charge in [-0.15, -0.1) is 0 Å². The second-order valence-corrected chi connectivity index (χ2v) is 4.59. The molecule has 0 saturated heterocycles. The number of rotatable bonds is 2. The van der Waals surface area contributed by atoms with Gasteiger partial charge in [0.05, 0.1) is 11.3 Å². The van der Waals surface area contributed by atoms with Crippen LogP contribution in [0.15, 0.2) is 56.9 Å². The largest absolute Gasteiger partial charge is 0.507 e. The van der Waals surface area contributed by atoms with Crippen LogP contribution in [-0.4, -0.2) is 16.3 Å². The van der Waals surface area contributed by atoms with Gasteiger partial charge in [-0.1, -0.05) is 0 Å². The van der Waals surface area contributed by atoms with Gasteiger partial charge in [-0.25, -0.2) is 4.79 Å². The fraction of sp³-hybridized carbons (Fsp3) is 0.0625. The summed E-state index contributed by atoms with van der Waals surface area (Å²) >= 11 is 0. The van der Waals surface area contributed by atoms with Crippen molar-refractivity contribution < 1.29 is 9.52 Å². The molecular formula is C16H12N2O3. The molecule has 0 unspecified atom stereocenters. The molecule has 0 spiro atoms. The molecule has 104 valence electrons. The van der Waals surface area contributed by atoms with Gasteiger partial charge in [-0.3, -0.25) is 9.98 Å². The number of hydrogen-bond acceptors (Lipinski definition) is 5. The minimum Gasteiger partial charge on any atom is -0.507 e. The molecule has 0 saturated carbocycles. The monoisotopic (exact) mass is 280 g/mol. The molecule has 1 aromatic carbocycles. The van der Waals surface area contributed by atoms with E-state index in [9.17, 15) is 9.90 Å². The molecule has 0 amide bonds. The quantitative estimate of drug-likeness (QED) is 0.578. The third kappa shape index (κ3) is 2.53. The first kappa shape index (κ1) is 13.1.